The van der Waals surface area contributed by atoms with Crippen molar-refractivity contribution < 1.29 is 13.9 Å². The van der Waals surface area contributed by atoms with Gasteiger partial charge in [0.05, 0.1) is 18.4 Å². The zero-order valence-corrected chi connectivity index (χ0v) is 11.7. The second kappa shape index (κ2) is 5.65. The molecular formula is C15H16FN3O2. The van der Waals surface area contributed by atoms with Crippen molar-refractivity contribution in [3.63, 3.8) is 0 Å². The highest BCUT2D eigenvalue weighted by molar-refractivity contribution is 5.93. The zero-order valence-electron chi connectivity index (χ0n) is 11.7. The molecule has 110 valence electrons. The number of hydrogen-bond donors (Lipinski definition) is 1. The average Bonchev–Trinajstić information content (AvgIpc) is 2.97. The molecule has 0 saturated carbocycles. The molecule has 1 fully saturated rings. The Labute approximate surface area is 121 Å². The van der Waals surface area contributed by atoms with Crippen LogP contribution in [0.3, 0.4) is 0 Å². The highest BCUT2D eigenvalue weighted by Crippen LogP contribution is 2.19. The first-order valence-corrected chi connectivity index (χ1v) is 6.86. The van der Waals surface area contributed by atoms with Crippen LogP contribution in [0.2, 0.25) is 0 Å². The first-order chi connectivity index (χ1) is 10.1. The summed E-state index contributed by atoms with van der Waals surface area (Å²) in [6.07, 6.45) is 0.0437. The third kappa shape index (κ3) is 2.95. The van der Waals surface area contributed by atoms with E-state index in [2.05, 4.69) is 10.2 Å². The molecule has 0 aliphatic carbocycles. The number of carbonyl (C=O) groups excluding carboxylic acids is 1. The molecule has 0 unspecified atom stereocenters. The summed E-state index contributed by atoms with van der Waals surface area (Å²) in [5.74, 6) is -0.390. The van der Waals surface area contributed by atoms with Gasteiger partial charge < -0.3 is 9.64 Å². The van der Waals surface area contributed by atoms with E-state index in [0.717, 1.165) is 5.56 Å². The summed E-state index contributed by atoms with van der Waals surface area (Å²) >= 11 is 0. The molecule has 1 aromatic carbocycles. The molecule has 1 aliphatic rings. The van der Waals surface area contributed by atoms with Gasteiger partial charge in [0, 0.05) is 18.7 Å². The molecule has 21 heavy (non-hydrogen) atoms. The number of benzene rings is 1. The maximum absolute atomic E-state index is 12.9. The minimum Gasteiger partial charge on any atom is -0.375 e. The summed E-state index contributed by atoms with van der Waals surface area (Å²) in [5.41, 5.74) is 1.82. The lowest BCUT2D eigenvalue weighted by Crippen LogP contribution is -2.44. The highest BCUT2D eigenvalue weighted by Gasteiger charge is 2.23. The molecule has 1 saturated heterocycles. The van der Waals surface area contributed by atoms with E-state index < -0.39 is 0 Å². The van der Waals surface area contributed by atoms with Gasteiger partial charge in [-0.1, -0.05) is 0 Å². The summed E-state index contributed by atoms with van der Waals surface area (Å²) < 4.78 is 18.3. The lowest BCUT2D eigenvalue weighted by Gasteiger charge is -2.30. The molecule has 0 spiro atoms. The van der Waals surface area contributed by atoms with Crippen molar-refractivity contribution in [1.82, 2.24) is 15.1 Å². The molecule has 5 nitrogen and oxygen atoms in total. The summed E-state index contributed by atoms with van der Waals surface area (Å²) in [5, 5.41) is 6.88. The number of ether oxygens (including phenoxy) is 1. The minimum absolute atomic E-state index is 0.0437. The number of carbonyl (C=O) groups is 1. The molecule has 0 bridgehead atoms. The van der Waals surface area contributed by atoms with Crippen molar-refractivity contribution in [1.29, 1.82) is 0 Å². The van der Waals surface area contributed by atoms with E-state index in [1.807, 2.05) is 6.92 Å². The van der Waals surface area contributed by atoms with Gasteiger partial charge in [0.2, 0.25) is 0 Å². The van der Waals surface area contributed by atoms with E-state index in [-0.39, 0.29) is 17.8 Å². The van der Waals surface area contributed by atoms with Gasteiger partial charge in [-0.3, -0.25) is 9.89 Å². The number of hydrogen-bond acceptors (Lipinski definition) is 3. The fraction of sp³-hybridized carbons (Fsp3) is 0.333. The van der Waals surface area contributed by atoms with Crippen molar-refractivity contribution in [3.8, 4) is 11.3 Å². The van der Waals surface area contributed by atoms with Gasteiger partial charge in [-0.2, -0.15) is 5.10 Å². The summed E-state index contributed by atoms with van der Waals surface area (Å²) in [4.78, 5) is 14.1. The number of aromatic amines is 1. The molecule has 2 heterocycles. The molecule has 0 radical (unpaired) electrons. The van der Waals surface area contributed by atoms with Crippen molar-refractivity contribution in [3.05, 3.63) is 41.8 Å². The van der Waals surface area contributed by atoms with Crippen molar-refractivity contribution in [2.24, 2.45) is 0 Å². The SMILES string of the molecule is C[C@H]1CN(C(=O)c2cc(-c3ccc(F)cc3)n[nH]2)CCO1. The van der Waals surface area contributed by atoms with E-state index in [1.165, 1.54) is 12.1 Å². The maximum Gasteiger partial charge on any atom is 0.272 e. The predicted molar refractivity (Wildman–Crippen MR) is 75.3 cm³/mol. The Bertz CT molecular complexity index is 639. The van der Waals surface area contributed by atoms with Gasteiger partial charge in [0.25, 0.3) is 5.91 Å². The Kier molecular flexibility index (Phi) is 3.70. The number of aromatic nitrogens is 2. The molecule has 3 rings (SSSR count). The van der Waals surface area contributed by atoms with Crippen LogP contribution in [0.5, 0.6) is 0 Å². The largest absolute Gasteiger partial charge is 0.375 e. The van der Waals surface area contributed by atoms with Crippen LogP contribution in [-0.4, -0.2) is 46.8 Å². The number of halogens is 1. The van der Waals surface area contributed by atoms with E-state index >= 15 is 0 Å². The normalized spacial score (nSPS) is 18.8. The molecule has 6 heteroatoms. The molecule has 1 amide bonds. The highest BCUT2D eigenvalue weighted by atomic mass is 19.1. The third-order valence-corrected chi connectivity index (χ3v) is 3.48. The molecular weight excluding hydrogens is 273 g/mol. The van der Waals surface area contributed by atoms with Gasteiger partial charge in [0.15, 0.2) is 0 Å². The Hall–Kier alpha value is -2.21. The van der Waals surface area contributed by atoms with Crippen LogP contribution in [-0.2, 0) is 4.74 Å². The van der Waals surface area contributed by atoms with Crippen LogP contribution in [0.25, 0.3) is 11.3 Å². The second-order valence-electron chi connectivity index (χ2n) is 5.11. The number of nitrogens with one attached hydrogen (secondary N) is 1. The van der Waals surface area contributed by atoms with E-state index in [9.17, 15) is 9.18 Å². The summed E-state index contributed by atoms with van der Waals surface area (Å²) in [7, 11) is 0. The lowest BCUT2D eigenvalue weighted by atomic mass is 10.1. The Morgan fingerprint density at radius 3 is 2.90 bits per heavy atom. The number of morpholine rings is 1. The lowest BCUT2D eigenvalue weighted by molar-refractivity contribution is -0.0126. The van der Waals surface area contributed by atoms with Crippen LogP contribution in [0.15, 0.2) is 30.3 Å². The van der Waals surface area contributed by atoms with Crippen LogP contribution in [0.1, 0.15) is 17.4 Å². The Balaban J connectivity index is 1.78. The Morgan fingerprint density at radius 1 is 1.43 bits per heavy atom. The van der Waals surface area contributed by atoms with Gasteiger partial charge >= 0.3 is 0 Å². The first kappa shape index (κ1) is 13.8. The van der Waals surface area contributed by atoms with Gasteiger partial charge in [-0.15, -0.1) is 0 Å². The molecule has 2 aromatic rings. The topological polar surface area (TPSA) is 58.2 Å². The number of nitrogens with zero attached hydrogens (tertiary/aromatic N) is 2. The number of amides is 1. The summed E-state index contributed by atoms with van der Waals surface area (Å²) in [6, 6.07) is 7.70. The molecule has 1 aliphatic heterocycles. The molecule has 1 atom stereocenters. The summed E-state index contributed by atoms with van der Waals surface area (Å²) in [6.45, 7) is 3.64. The van der Waals surface area contributed by atoms with Crippen molar-refractivity contribution >= 4 is 5.91 Å². The van der Waals surface area contributed by atoms with Crippen molar-refractivity contribution in [2.45, 2.75) is 13.0 Å². The van der Waals surface area contributed by atoms with Crippen LogP contribution < -0.4 is 0 Å². The third-order valence-electron chi connectivity index (χ3n) is 3.48. The number of H-pyrrole nitrogens is 1. The quantitative estimate of drug-likeness (QED) is 0.921. The zero-order chi connectivity index (χ0) is 14.8. The van der Waals surface area contributed by atoms with E-state index in [1.54, 1.807) is 23.1 Å². The maximum atomic E-state index is 12.9. The minimum atomic E-state index is -0.298. The number of rotatable bonds is 2. The fourth-order valence-electron chi connectivity index (χ4n) is 2.37. The average molecular weight is 289 g/mol. The van der Waals surface area contributed by atoms with Gasteiger partial charge in [0.1, 0.15) is 11.5 Å². The first-order valence-electron chi connectivity index (χ1n) is 6.86. The van der Waals surface area contributed by atoms with E-state index in [4.69, 9.17) is 4.74 Å². The van der Waals surface area contributed by atoms with Gasteiger partial charge in [-0.25, -0.2) is 4.39 Å². The standard InChI is InChI=1S/C15H16FN3O2/c1-10-9-19(6-7-21-10)15(20)14-8-13(17-18-14)11-2-4-12(16)5-3-11/h2-5,8,10H,6-7,9H2,1H3,(H,17,18)/t10-/m0/s1. The second-order valence-corrected chi connectivity index (χ2v) is 5.11. The molecule has 1 N–H and O–H groups in total. The smallest absolute Gasteiger partial charge is 0.272 e. The predicted octanol–water partition coefficient (Wildman–Crippen LogP) is 2.08. The van der Waals surface area contributed by atoms with Crippen LogP contribution in [0, 0.1) is 5.82 Å². The van der Waals surface area contributed by atoms with E-state index in [0.29, 0.717) is 31.1 Å². The fourth-order valence-corrected chi connectivity index (χ4v) is 2.37. The molecule has 1 aromatic heterocycles. The van der Waals surface area contributed by atoms with Crippen LogP contribution >= 0.6 is 0 Å². The van der Waals surface area contributed by atoms with Gasteiger partial charge in [-0.05, 0) is 37.3 Å². The Morgan fingerprint density at radius 2 is 2.19 bits per heavy atom. The van der Waals surface area contributed by atoms with Crippen LogP contribution in [0.4, 0.5) is 4.39 Å². The van der Waals surface area contributed by atoms with Crippen molar-refractivity contribution in [2.75, 3.05) is 19.7 Å². The monoisotopic (exact) mass is 289 g/mol.